The smallest absolute Gasteiger partial charge is 0.241 e. The SMILES string of the molecule is Cc1ccc(S(=O)(=O)NCCCc2nc3ccccc3s2)c2cccnc12. The summed E-state index contributed by atoms with van der Waals surface area (Å²) >= 11 is 1.66. The summed E-state index contributed by atoms with van der Waals surface area (Å²) in [5.74, 6) is 0. The maximum atomic E-state index is 12.8. The molecule has 27 heavy (non-hydrogen) atoms. The van der Waals surface area contributed by atoms with Crippen molar-refractivity contribution >= 4 is 42.5 Å². The van der Waals surface area contributed by atoms with Gasteiger partial charge >= 0.3 is 0 Å². The first-order valence-corrected chi connectivity index (χ1v) is 11.0. The number of fused-ring (bicyclic) bond motifs is 2. The Morgan fingerprint density at radius 2 is 1.93 bits per heavy atom. The van der Waals surface area contributed by atoms with Gasteiger partial charge in [0, 0.05) is 24.5 Å². The van der Waals surface area contributed by atoms with Crippen LogP contribution in [0.15, 0.2) is 59.6 Å². The van der Waals surface area contributed by atoms with E-state index in [1.165, 1.54) is 0 Å². The number of nitrogens with one attached hydrogen (secondary N) is 1. The maximum absolute atomic E-state index is 12.8. The van der Waals surface area contributed by atoms with E-state index in [4.69, 9.17) is 0 Å². The summed E-state index contributed by atoms with van der Waals surface area (Å²) in [6.07, 6.45) is 3.12. The van der Waals surface area contributed by atoms with E-state index in [2.05, 4.69) is 20.8 Å². The Labute approximate surface area is 162 Å². The zero-order valence-electron chi connectivity index (χ0n) is 14.8. The first kappa shape index (κ1) is 18.0. The number of aryl methyl sites for hydroxylation is 2. The molecule has 7 heteroatoms. The molecular weight excluding hydrogens is 378 g/mol. The van der Waals surface area contributed by atoms with E-state index in [1.54, 1.807) is 41.8 Å². The monoisotopic (exact) mass is 397 g/mol. The molecule has 4 rings (SSSR count). The van der Waals surface area contributed by atoms with Crippen LogP contribution in [0.2, 0.25) is 0 Å². The van der Waals surface area contributed by atoms with Crippen molar-refractivity contribution in [3.63, 3.8) is 0 Å². The summed E-state index contributed by atoms with van der Waals surface area (Å²) in [5.41, 5.74) is 2.67. The predicted molar refractivity (Wildman–Crippen MR) is 110 cm³/mol. The highest BCUT2D eigenvalue weighted by atomic mass is 32.2. The van der Waals surface area contributed by atoms with Gasteiger partial charge < -0.3 is 0 Å². The Hall–Kier alpha value is -2.35. The molecule has 0 saturated carbocycles. The zero-order chi connectivity index (χ0) is 18.9. The van der Waals surface area contributed by atoms with Crippen LogP contribution in [0.25, 0.3) is 21.1 Å². The third-order valence-electron chi connectivity index (χ3n) is 4.42. The second-order valence-electron chi connectivity index (χ2n) is 6.36. The van der Waals surface area contributed by atoms with Gasteiger partial charge in [-0.25, -0.2) is 18.1 Å². The molecule has 0 unspecified atom stereocenters. The topological polar surface area (TPSA) is 72.0 Å². The average molecular weight is 398 g/mol. The minimum absolute atomic E-state index is 0.274. The molecule has 0 amide bonds. The van der Waals surface area contributed by atoms with Crippen LogP contribution in [0.5, 0.6) is 0 Å². The third-order valence-corrected chi connectivity index (χ3v) is 7.03. The van der Waals surface area contributed by atoms with Gasteiger partial charge in [-0.2, -0.15) is 0 Å². The van der Waals surface area contributed by atoms with Gasteiger partial charge in [-0.15, -0.1) is 11.3 Å². The molecule has 5 nitrogen and oxygen atoms in total. The van der Waals surface area contributed by atoms with E-state index in [0.29, 0.717) is 18.4 Å². The summed E-state index contributed by atoms with van der Waals surface area (Å²) in [6.45, 7) is 2.30. The Morgan fingerprint density at radius 3 is 2.78 bits per heavy atom. The molecule has 0 fully saturated rings. The van der Waals surface area contributed by atoms with Gasteiger partial charge in [0.1, 0.15) is 0 Å². The van der Waals surface area contributed by atoms with Gasteiger partial charge in [-0.1, -0.05) is 18.2 Å². The predicted octanol–water partition coefficient (Wildman–Crippen LogP) is 4.06. The average Bonchev–Trinajstić information content (AvgIpc) is 3.08. The Kier molecular flexibility index (Phi) is 4.90. The number of rotatable bonds is 6. The molecule has 0 radical (unpaired) electrons. The molecule has 0 aliphatic carbocycles. The van der Waals surface area contributed by atoms with Crippen LogP contribution in [0, 0.1) is 6.92 Å². The standard InChI is InChI=1S/C20H19N3O2S2/c1-14-10-11-18(15-6-4-12-21-20(14)15)27(24,25)22-13-5-9-19-23-16-7-2-3-8-17(16)26-19/h2-4,6-8,10-12,22H,5,9,13H2,1H3. The first-order chi connectivity index (χ1) is 13.0. The number of para-hydroxylation sites is 1. The molecule has 138 valence electrons. The molecule has 0 spiro atoms. The second kappa shape index (κ2) is 7.34. The number of nitrogens with zero attached hydrogens (tertiary/aromatic N) is 2. The lowest BCUT2D eigenvalue weighted by Gasteiger charge is -2.10. The van der Waals surface area contributed by atoms with Crippen molar-refractivity contribution in [1.29, 1.82) is 0 Å². The van der Waals surface area contributed by atoms with Crippen molar-refractivity contribution in [3.8, 4) is 0 Å². The molecule has 4 aromatic rings. The van der Waals surface area contributed by atoms with E-state index in [9.17, 15) is 8.42 Å². The van der Waals surface area contributed by atoms with E-state index in [0.717, 1.165) is 32.7 Å². The number of aromatic nitrogens is 2. The van der Waals surface area contributed by atoms with Crippen molar-refractivity contribution in [1.82, 2.24) is 14.7 Å². The lowest BCUT2D eigenvalue weighted by molar-refractivity contribution is 0.580. The van der Waals surface area contributed by atoms with E-state index >= 15 is 0 Å². The number of sulfonamides is 1. The normalized spacial score (nSPS) is 12.0. The fourth-order valence-electron chi connectivity index (χ4n) is 3.07. The number of pyridine rings is 1. The van der Waals surface area contributed by atoms with Gasteiger partial charge in [-0.3, -0.25) is 4.98 Å². The number of benzene rings is 2. The van der Waals surface area contributed by atoms with Crippen LogP contribution in [-0.2, 0) is 16.4 Å². The minimum Gasteiger partial charge on any atom is -0.256 e. The molecule has 0 aliphatic rings. The summed E-state index contributed by atoms with van der Waals surface area (Å²) in [7, 11) is -3.59. The fourth-order valence-corrected chi connectivity index (χ4v) is 5.35. The van der Waals surface area contributed by atoms with E-state index in [-0.39, 0.29) is 4.90 Å². The van der Waals surface area contributed by atoms with Crippen LogP contribution >= 0.6 is 11.3 Å². The molecule has 2 heterocycles. The summed E-state index contributed by atoms with van der Waals surface area (Å²) in [4.78, 5) is 9.18. The summed E-state index contributed by atoms with van der Waals surface area (Å²) in [6, 6.07) is 15.0. The van der Waals surface area contributed by atoms with Crippen molar-refractivity contribution in [3.05, 3.63) is 65.3 Å². The van der Waals surface area contributed by atoms with Gasteiger partial charge in [0.25, 0.3) is 0 Å². The van der Waals surface area contributed by atoms with Crippen LogP contribution in [0.4, 0.5) is 0 Å². The van der Waals surface area contributed by atoms with Crippen LogP contribution in [-0.4, -0.2) is 24.9 Å². The molecule has 0 saturated heterocycles. The second-order valence-corrected chi connectivity index (χ2v) is 9.21. The summed E-state index contributed by atoms with van der Waals surface area (Å²) in [5, 5.41) is 1.68. The maximum Gasteiger partial charge on any atom is 0.241 e. The molecule has 0 aliphatic heterocycles. The van der Waals surface area contributed by atoms with Crippen molar-refractivity contribution in [2.24, 2.45) is 0 Å². The Morgan fingerprint density at radius 1 is 1.07 bits per heavy atom. The molecule has 2 aromatic carbocycles. The highest BCUT2D eigenvalue weighted by molar-refractivity contribution is 7.89. The van der Waals surface area contributed by atoms with Crippen LogP contribution in [0.3, 0.4) is 0 Å². The molecule has 1 N–H and O–H groups in total. The lowest BCUT2D eigenvalue weighted by atomic mass is 10.1. The highest BCUT2D eigenvalue weighted by Gasteiger charge is 2.18. The van der Waals surface area contributed by atoms with Gasteiger partial charge in [0.15, 0.2) is 0 Å². The number of hydrogen-bond donors (Lipinski definition) is 1. The quantitative estimate of drug-likeness (QED) is 0.498. The minimum atomic E-state index is -3.59. The van der Waals surface area contributed by atoms with Crippen molar-refractivity contribution < 1.29 is 8.42 Å². The molecule has 2 aromatic heterocycles. The highest BCUT2D eigenvalue weighted by Crippen LogP contribution is 2.24. The van der Waals surface area contributed by atoms with Crippen LogP contribution in [0.1, 0.15) is 17.0 Å². The van der Waals surface area contributed by atoms with E-state index < -0.39 is 10.0 Å². The van der Waals surface area contributed by atoms with Gasteiger partial charge in [0.05, 0.1) is 25.6 Å². The molecular formula is C20H19N3O2S2. The van der Waals surface area contributed by atoms with Gasteiger partial charge in [0.2, 0.25) is 10.0 Å². The molecule has 0 bridgehead atoms. The fraction of sp³-hybridized carbons (Fsp3) is 0.200. The lowest BCUT2D eigenvalue weighted by Crippen LogP contribution is -2.25. The van der Waals surface area contributed by atoms with Crippen LogP contribution < -0.4 is 4.72 Å². The Bertz CT molecular complexity index is 1180. The zero-order valence-corrected chi connectivity index (χ0v) is 16.5. The first-order valence-electron chi connectivity index (χ1n) is 8.73. The number of thiazole rings is 1. The summed E-state index contributed by atoms with van der Waals surface area (Å²) < 4.78 is 29.4. The number of hydrogen-bond acceptors (Lipinski definition) is 5. The largest absolute Gasteiger partial charge is 0.256 e. The van der Waals surface area contributed by atoms with Gasteiger partial charge in [-0.05, 0) is 49.2 Å². The Balaban J connectivity index is 1.45. The molecule has 0 atom stereocenters. The van der Waals surface area contributed by atoms with Crippen molar-refractivity contribution in [2.45, 2.75) is 24.7 Å². The third kappa shape index (κ3) is 3.71. The van der Waals surface area contributed by atoms with E-state index in [1.807, 2.05) is 25.1 Å². The van der Waals surface area contributed by atoms with Crippen molar-refractivity contribution in [2.75, 3.05) is 6.54 Å².